The molecule has 1 amide bonds. The number of hydrogen-bond donors (Lipinski definition) is 1. The second-order valence-electron chi connectivity index (χ2n) is 7.25. The van der Waals surface area contributed by atoms with Gasteiger partial charge in [0.25, 0.3) is 5.91 Å². The molecule has 0 atom stereocenters. The summed E-state index contributed by atoms with van der Waals surface area (Å²) in [6.45, 7) is 2.53. The van der Waals surface area contributed by atoms with Crippen molar-refractivity contribution in [3.8, 4) is 22.1 Å². The van der Waals surface area contributed by atoms with Gasteiger partial charge in [-0.1, -0.05) is 23.8 Å². The van der Waals surface area contributed by atoms with E-state index in [4.69, 9.17) is 14.5 Å². The van der Waals surface area contributed by atoms with Crippen molar-refractivity contribution in [2.24, 2.45) is 0 Å². The molecule has 31 heavy (non-hydrogen) atoms. The smallest absolute Gasteiger partial charge is 0.252 e. The number of hydrogen-bond acceptors (Lipinski definition) is 5. The lowest BCUT2D eigenvalue weighted by Gasteiger charge is -2.12. The number of nitrogens with one attached hydrogen (secondary N) is 1. The first-order chi connectivity index (χ1) is 15.1. The van der Waals surface area contributed by atoms with Crippen LogP contribution in [-0.2, 0) is 6.42 Å². The Morgan fingerprint density at radius 1 is 1.03 bits per heavy atom. The van der Waals surface area contributed by atoms with Crippen molar-refractivity contribution in [3.63, 3.8) is 0 Å². The molecule has 2 aromatic heterocycles. The molecule has 5 nitrogen and oxygen atoms in total. The highest BCUT2D eigenvalue weighted by molar-refractivity contribution is 7.13. The Labute approximate surface area is 185 Å². The molecule has 0 aliphatic rings. The Morgan fingerprint density at radius 3 is 2.61 bits per heavy atom. The van der Waals surface area contributed by atoms with Crippen molar-refractivity contribution in [1.82, 2.24) is 10.3 Å². The van der Waals surface area contributed by atoms with Gasteiger partial charge in [-0.05, 0) is 60.7 Å². The summed E-state index contributed by atoms with van der Waals surface area (Å²) < 4.78 is 10.6. The SMILES string of the molecule is COc1ccc(CCNC(=O)c2cc(-c3cccs3)nc3ccc(C)cc23)cc1OC. The predicted molar refractivity (Wildman–Crippen MR) is 125 cm³/mol. The third kappa shape index (κ3) is 4.54. The van der Waals surface area contributed by atoms with E-state index in [1.165, 1.54) is 0 Å². The molecule has 2 aromatic carbocycles. The van der Waals surface area contributed by atoms with E-state index in [9.17, 15) is 4.79 Å². The quantitative estimate of drug-likeness (QED) is 0.433. The molecule has 2 heterocycles. The van der Waals surface area contributed by atoms with Crippen LogP contribution in [0.3, 0.4) is 0 Å². The average Bonchev–Trinajstić information content (AvgIpc) is 3.33. The Bertz CT molecular complexity index is 1220. The predicted octanol–water partition coefficient (Wildman–Crippen LogP) is 5.26. The van der Waals surface area contributed by atoms with Crippen LogP contribution in [0, 0.1) is 6.92 Å². The molecule has 0 saturated carbocycles. The van der Waals surface area contributed by atoms with Crippen molar-refractivity contribution in [1.29, 1.82) is 0 Å². The molecule has 158 valence electrons. The van der Waals surface area contributed by atoms with E-state index in [-0.39, 0.29) is 5.91 Å². The third-order valence-corrected chi connectivity index (χ3v) is 6.02. The van der Waals surface area contributed by atoms with Gasteiger partial charge in [-0.15, -0.1) is 11.3 Å². The summed E-state index contributed by atoms with van der Waals surface area (Å²) in [6, 6.07) is 17.7. The first-order valence-corrected chi connectivity index (χ1v) is 10.9. The fourth-order valence-electron chi connectivity index (χ4n) is 3.53. The number of ether oxygens (including phenoxy) is 2. The number of carbonyl (C=O) groups is 1. The van der Waals surface area contributed by atoms with Gasteiger partial charge in [0.05, 0.1) is 35.9 Å². The number of methoxy groups -OCH3 is 2. The van der Waals surface area contributed by atoms with E-state index in [1.807, 2.05) is 66.9 Å². The minimum absolute atomic E-state index is 0.101. The van der Waals surface area contributed by atoms with E-state index in [2.05, 4.69) is 5.32 Å². The maximum Gasteiger partial charge on any atom is 0.252 e. The van der Waals surface area contributed by atoms with Gasteiger partial charge in [0.2, 0.25) is 0 Å². The highest BCUT2D eigenvalue weighted by Crippen LogP contribution is 2.29. The van der Waals surface area contributed by atoms with Crippen molar-refractivity contribution < 1.29 is 14.3 Å². The summed E-state index contributed by atoms with van der Waals surface area (Å²) in [5.41, 5.74) is 4.44. The largest absolute Gasteiger partial charge is 0.493 e. The average molecular weight is 433 g/mol. The van der Waals surface area contributed by atoms with Crippen LogP contribution < -0.4 is 14.8 Å². The first-order valence-electron chi connectivity index (χ1n) is 10.0. The Kier molecular flexibility index (Phi) is 6.18. The van der Waals surface area contributed by atoms with Gasteiger partial charge in [0, 0.05) is 11.9 Å². The zero-order valence-electron chi connectivity index (χ0n) is 17.8. The standard InChI is InChI=1S/C25H24N2O3S/c1-16-6-8-20-18(13-16)19(15-21(27-20)24-5-4-12-31-24)25(28)26-11-10-17-7-9-22(29-2)23(14-17)30-3/h4-9,12-15H,10-11H2,1-3H3,(H,26,28). The van der Waals surface area contributed by atoms with Gasteiger partial charge in [0.15, 0.2) is 11.5 Å². The molecular formula is C25H24N2O3S. The third-order valence-electron chi connectivity index (χ3n) is 5.13. The molecule has 6 heteroatoms. The second kappa shape index (κ2) is 9.18. The maximum atomic E-state index is 13.1. The number of rotatable bonds is 7. The summed E-state index contributed by atoms with van der Waals surface area (Å²) in [5.74, 6) is 1.27. The zero-order valence-corrected chi connectivity index (χ0v) is 18.6. The fraction of sp³-hybridized carbons (Fsp3) is 0.200. The molecule has 0 saturated heterocycles. The molecule has 0 spiro atoms. The van der Waals surface area contributed by atoms with Crippen LogP contribution in [0.25, 0.3) is 21.5 Å². The van der Waals surface area contributed by atoms with E-state index >= 15 is 0 Å². The van der Waals surface area contributed by atoms with Gasteiger partial charge in [0.1, 0.15) is 0 Å². The summed E-state index contributed by atoms with van der Waals surface area (Å²) in [7, 11) is 3.23. The number of aryl methyl sites for hydroxylation is 1. The molecule has 0 aliphatic carbocycles. The van der Waals surface area contributed by atoms with Crippen molar-refractivity contribution >= 4 is 28.1 Å². The van der Waals surface area contributed by atoms with Crippen LogP contribution in [0.15, 0.2) is 60.0 Å². The summed E-state index contributed by atoms with van der Waals surface area (Å²) in [6.07, 6.45) is 0.686. The lowest BCUT2D eigenvalue weighted by atomic mass is 10.0. The van der Waals surface area contributed by atoms with Gasteiger partial charge in [-0.2, -0.15) is 0 Å². The van der Waals surface area contributed by atoms with E-state index in [1.54, 1.807) is 25.6 Å². The number of fused-ring (bicyclic) bond motifs is 1. The number of nitrogens with zero attached hydrogens (tertiary/aromatic N) is 1. The number of pyridine rings is 1. The second-order valence-corrected chi connectivity index (χ2v) is 8.20. The number of thiophene rings is 1. The molecule has 4 rings (SSSR count). The number of carbonyl (C=O) groups excluding carboxylic acids is 1. The van der Waals surface area contributed by atoms with Crippen LogP contribution in [0.1, 0.15) is 21.5 Å². The van der Waals surface area contributed by atoms with Crippen molar-refractivity contribution in [2.45, 2.75) is 13.3 Å². The number of benzene rings is 2. The lowest BCUT2D eigenvalue weighted by molar-refractivity contribution is 0.0955. The molecule has 4 aromatic rings. The van der Waals surface area contributed by atoms with Gasteiger partial charge < -0.3 is 14.8 Å². The van der Waals surface area contributed by atoms with Gasteiger partial charge in [-0.25, -0.2) is 4.98 Å². The topological polar surface area (TPSA) is 60.5 Å². The van der Waals surface area contributed by atoms with Crippen LogP contribution in [0.5, 0.6) is 11.5 Å². The molecule has 0 radical (unpaired) electrons. The molecular weight excluding hydrogens is 408 g/mol. The summed E-state index contributed by atoms with van der Waals surface area (Å²) in [4.78, 5) is 18.9. The molecule has 0 fully saturated rings. The minimum Gasteiger partial charge on any atom is -0.493 e. The molecule has 1 N–H and O–H groups in total. The Morgan fingerprint density at radius 2 is 1.87 bits per heavy atom. The highest BCUT2D eigenvalue weighted by atomic mass is 32.1. The van der Waals surface area contributed by atoms with Crippen LogP contribution >= 0.6 is 11.3 Å². The highest BCUT2D eigenvalue weighted by Gasteiger charge is 2.15. The summed E-state index contributed by atoms with van der Waals surface area (Å²) >= 11 is 1.61. The van der Waals surface area contributed by atoms with Gasteiger partial charge in [-0.3, -0.25) is 4.79 Å². The first kappa shape index (κ1) is 20.9. The summed E-state index contributed by atoms with van der Waals surface area (Å²) in [5, 5.41) is 5.94. The van der Waals surface area contributed by atoms with Crippen molar-refractivity contribution in [3.05, 3.63) is 76.7 Å². The number of aromatic nitrogens is 1. The molecule has 0 aliphatic heterocycles. The minimum atomic E-state index is -0.101. The monoisotopic (exact) mass is 432 g/mol. The van der Waals surface area contributed by atoms with E-state index < -0.39 is 0 Å². The van der Waals surface area contributed by atoms with Crippen LogP contribution in [-0.4, -0.2) is 31.7 Å². The zero-order chi connectivity index (χ0) is 21.8. The normalized spacial score (nSPS) is 10.8. The lowest BCUT2D eigenvalue weighted by Crippen LogP contribution is -2.26. The maximum absolute atomic E-state index is 13.1. The van der Waals surface area contributed by atoms with Gasteiger partial charge >= 0.3 is 0 Å². The molecule has 0 bridgehead atoms. The van der Waals surface area contributed by atoms with Crippen molar-refractivity contribution in [2.75, 3.05) is 20.8 Å². The number of amides is 1. The van der Waals surface area contributed by atoms with Crippen LogP contribution in [0.2, 0.25) is 0 Å². The Hall–Kier alpha value is -3.38. The molecule has 0 unspecified atom stereocenters. The van der Waals surface area contributed by atoms with E-state index in [0.29, 0.717) is 30.0 Å². The van der Waals surface area contributed by atoms with E-state index in [0.717, 1.165) is 32.6 Å². The van der Waals surface area contributed by atoms with Crippen LogP contribution in [0.4, 0.5) is 0 Å². The Balaban J connectivity index is 1.56. The fourth-order valence-corrected chi connectivity index (χ4v) is 4.22.